The van der Waals surface area contributed by atoms with Crippen LogP contribution in [0.15, 0.2) is 18.2 Å². The fraction of sp³-hybridized carbons (Fsp3) is 0.579. The van der Waals surface area contributed by atoms with Gasteiger partial charge in [-0.2, -0.15) is 0 Å². The third-order valence-electron chi connectivity index (χ3n) is 4.96. The number of aryl methyl sites for hydroxylation is 1. The van der Waals surface area contributed by atoms with Gasteiger partial charge in [-0.05, 0) is 43.9 Å². The van der Waals surface area contributed by atoms with Crippen LogP contribution in [0, 0.1) is 12.8 Å². The van der Waals surface area contributed by atoms with E-state index in [-0.39, 0.29) is 17.7 Å². The molecule has 1 saturated heterocycles. The number of carbonyl (C=O) groups is 2. The minimum Gasteiger partial charge on any atom is -0.368 e. The molecule has 2 aliphatic rings. The van der Waals surface area contributed by atoms with Crippen LogP contribution in [0.5, 0.6) is 0 Å². The molecule has 3 rings (SSSR count). The molecule has 5 nitrogen and oxygen atoms in total. The number of benzene rings is 1. The Morgan fingerprint density at radius 1 is 1.20 bits per heavy atom. The van der Waals surface area contributed by atoms with Crippen molar-refractivity contribution in [2.45, 2.75) is 32.6 Å². The first-order valence-electron chi connectivity index (χ1n) is 9.11. The molecule has 1 N–H and O–H groups in total. The van der Waals surface area contributed by atoms with Gasteiger partial charge in [-0.25, -0.2) is 0 Å². The normalized spacial score (nSPS) is 17.5. The maximum absolute atomic E-state index is 12.3. The standard InChI is InChI=1S/C19H26ClN3O2/c1-14-4-7-16(20)13-17(14)22-9-11-23(12-10-22)18(24)3-2-8-21-19(25)15-5-6-15/h4,7,13,15H,2-3,5-6,8-12H2,1H3,(H,21,25). The molecule has 1 aromatic rings. The quantitative estimate of drug-likeness (QED) is 0.790. The Morgan fingerprint density at radius 2 is 1.92 bits per heavy atom. The molecule has 25 heavy (non-hydrogen) atoms. The predicted molar refractivity (Wildman–Crippen MR) is 99.9 cm³/mol. The summed E-state index contributed by atoms with van der Waals surface area (Å²) < 4.78 is 0. The molecule has 0 atom stereocenters. The molecule has 136 valence electrons. The zero-order valence-corrected chi connectivity index (χ0v) is 15.5. The van der Waals surface area contributed by atoms with Gasteiger partial charge in [0.05, 0.1) is 0 Å². The Bertz CT molecular complexity index is 638. The number of halogens is 1. The lowest BCUT2D eigenvalue weighted by atomic mass is 10.1. The highest BCUT2D eigenvalue weighted by molar-refractivity contribution is 6.30. The van der Waals surface area contributed by atoms with Crippen molar-refractivity contribution in [1.82, 2.24) is 10.2 Å². The summed E-state index contributed by atoms with van der Waals surface area (Å²) in [6, 6.07) is 5.93. The fourth-order valence-electron chi connectivity index (χ4n) is 3.22. The number of nitrogens with zero attached hydrogens (tertiary/aromatic N) is 2. The van der Waals surface area contributed by atoms with Gasteiger partial charge in [0.15, 0.2) is 0 Å². The number of piperazine rings is 1. The Balaban J connectivity index is 1.39. The minimum absolute atomic E-state index is 0.151. The van der Waals surface area contributed by atoms with E-state index in [1.807, 2.05) is 23.1 Å². The summed E-state index contributed by atoms with van der Waals surface area (Å²) in [4.78, 5) is 28.1. The highest BCUT2D eigenvalue weighted by Gasteiger charge is 2.29. The topological polar surface area (TPSA) is 52.6 Å². The first-order valence-corrected chi connectivity index (χ1v) is 9.49. The monoisotopic (exact) mass is 363 g/mol. The Kier molecular flexibility index (Phi) is 5.84. The van der Waals surface area contributed by atoms with Gasteiger partial charge in [0.25, 0.3) is 0 Å². The van der Waals surface area contributed by atoms with E-state index in [2.05, 4.69) is 17.1 Å². The number of amides is 2. The fourth-order valence-corrected chi connectivity index (χ4v) is 3.39. The van der Waals surface area contributed by atoms with Crippen LogP contribution in [0.2, 0.25) is 5.02 Å². The summed E-state index contributed by atoms with van der Waals surface area (Å²) in [6.45, 7) is 5.80. The van der Waals surface area contributed by atoms with Crippen LogP contribution in [-0.4, -0.2) is 49.4 Å². The average molecular weight is 364 g/mol. The van der Waals surface area contributed by atoms with E-state index in [4.69, 9.17) is 11.6 Å². The first kappa shape index (κ1) is 18.1. The molecule has 1 heterocycles. The van der Waals surface area contributed by atoms with Gasteiger partial charge >= 0.3 is 0 Å². The van der Waals surface area contributed by atoms with Crippen molar-refractivity contribution in [3.05, 3.63) is 28.8 Å². The van der Waals surface area contributed by atoms with Crippen LogP contribution in [0.3, 0.4) is 0 Å². The lowest BCUT2D eigenvalue weighted by molar-refractivity contribution is -0.131. The smallest absolute Gasteiger partial charge is 0.223 e. The second kappa shape index (κ2) is 8.09. The second-order valence-electron chi connectivity index (χ2n) is 6.97. The molecule has 0 spiro atoms. The van der Waals surface area contributed by atoms with Crippen molar-refractivity contribution in [2.75, 3.05) is 37.6 Å². The van der Waals surface area contributed by atoms with Gasteiger partial charge in [-0.15, -0.1) is 0 Å². The third-order valence-corrected chi connectivity index (χ3v) is 5.19. The van der Waals surface area contributed by atoms with Crippen LogP contribution in [0.1, 0.15) is 31.2 Å². The molecule has 0 radical (unpaired) electrons. The highest BCUT2D eigenvalue weighted by Crippen LogP contribution is 2.28. The Morgan fingerprint density at radius 3 is 2.60 bits per heavy atom. The summed E-state index contributed by atoms with van der Waals surface area (Å²) in [5.41, 5.74) is 2.36. The van der Waals surface area contributed by atoms with E-state index in [1.165, 1.54) is 5.56 Å². The molecule has 1 aliphatic heterocycles. The van der Waals surface area contributed by atoms with Gasteiger partial charge in [0.2, 0.25) is 11.8 Å². The molecule has 1 saturated carbocycles. The first-order chi connectivity index (χ1) is 12.0. The van der Waals surface area contributed by atoms with Gasteiger partial charge in [-0.3, -0.25) is 9.59 Å². The number of nitrogens with one attached hydrogen (secondary N) is 1. The summed E-state index contributed by atoms with van der Waals surface area (Å²) in [5.74, 6) is 0.569. The van der Waals surface area contributed by atoms with Crippen molar-refractivity contribution < 1.29 is 9.59 Å². The highest BCUT2D eigenvalue weighted by atomic mass is 35.5. The van der Waals surface area contributed by atoms with Crippen molar-refractivity contribution in [2.24, 2.45) is 5.92 Å². The second-order valence-corrected chi connectivity index (χ2v) is 7.40. The van der Waals surface area contributed by atoms with E-state index in [9.17, 15) is 9.59 Å². The van der Waals surface area contributed by atoms with E-state index in [1.54, 1.807) is 0 Å². The number of anilines is 1. The lowest BCUT2D eigenvalue weighted by Crippen LogP contribution is -2.49. The molecule has 2 amide bonds. The molecular weight excluding hydrogens is 338 g/mol. The largest absolute Gasteiger partial charge is 0.368 e. The molecular formula is C19H26ClN3O2. The summed E-state index contributed by atoms with van der Waals surface area (Å²) in [6.07, 6.45) is 3.24. The minimum atomic E-state index is 0.151. The molecule has 0 bridgehead atoms. The molecule has 2 fully saturated rings. The van der Waals surface area contributed by atoms with Crippen LogP contribution < -0.4 is 10.2 Å². The molecule has 0 unspecified atom stereocenters. The van der Waals surface area contributed by atoms with E-state index in [0.29, 0.717) is 19.4 Å². The van der Waals surface area contributed by atoms with Crippen molar-refractivity contribution >= 4 is 29.1 Å². The Hall–Kier alpha value is -1.75. The van der Waals surface area contributed by atoms with Gasteiger partial charge < -0.3 is 15.1 Å². The van der Waals surface area contributed by atoms with Crippen molar-refractivity contribution in [3.63, 3.8) is 0 Å². The maximum Gasteiger partial charge on any atom is 0.223 e. The van der Waals surface area contributed by atoms with Gasteiger partial charge in [0.1, 0.15) is 0 Å². The lowest BCUT2D eigenvalue weighted by Gasteiger charge is -2.37. The zero-order chi connectivity index (χ0) is 17.8. The molecule has 6 heteroatoms. The van der Waals surface area contributed by atoms with Crippen molar-refractivity contribution in [3.8, 4) is 0 Å². The number of rotatable bonds is 6. The maximum atomic E-state index is 12.3. The molecule has 1 aromatic carbocycles. The SMILES string of the molecule is Cc1ccc(Cl)cc1N1CCN(C(=O)CCCNC(=O)C2CC2)CC1. The van der Waals surface area contributed by atoms with Crippen LogP contribution >= 0.6 is 11.6 Å². The van der Waals surface area contributed by atoms with E-state index < -0.39 is 0 Å². The average Bonchev–Trinajstić information content (AvgIpc) is 3.46. The number of hydrogen-bond donors (Lipinski definition) is 1. The number of hydrogen-bond acceptors (Lipinski definition) is 3. The van der Waals surface area contributed by atoms with Crippen LogP contribution in [-0.2, 0) is 9.59 Å². The zero-order valence-electron chi connectivity index (χ0n) is 14.8. The van der Waals surface area contributed by atoms with Crippen LogP contribution in [0.25, 0.3) is 0 Å². The van der Waals surface area contributed by atoms with Gasteiger partial charge in [-0.1, -0.05) is 17.7 Å². The van der Waals surface area contributed by atoms with E-state index >= 15 is 0 Å². The van der Waals surface area contributed by atoms with Crippen molar-refractivity contribution in [1.29, 1.82) is 0 Å². The molecule has 1 aliphatic carbocycles. The van der Waals surface area contributed by atoms with Crippen LogP contribution in [0.4, 0.5) is 5.69 Å². The molecule has 0 aromatic heterocycles. The number of carbonyl (C=O) groups excluding carboxylic acids is 2. The summed E-state index contributed by atoms with van der Waals surface area (Å²) >= 11 is 6.11. The predicted octanol–water partition coefficient (Wildman–Crippen LogP) is 2.60. The van der Waals surface area contributed by atoms with E-state index in [0.717, 1.165) is 49.7 Å². The summed E-state index contributed by atoms with van der Waals surface area (Å²) in [5, 5.41) is 3.66. The Labute approximate surface area is 154 Å². The third kappa shape index (κ3) is 4.88. The summed E-state index contributed by atoms with van der Waals surface area (Å²) in [7, 11) is 0. The van der Waals surface area contributed by atoms with Gasteiger partial charge in [0, 0.05) is 55.8 Å².